The standard InChI is InChI=1S/C15H20O3/c1-8-9(2)14-12(7-15(5,6)18-14)10(3)13(8)17-11(4)16/h7H2,1-6H3. The molecule has 0 amide bonds. The van der Waals surface area contributed by atoms with Crippen LogP contribution in [0.15, 0.2) is 0 Å². The number of fused-ring (bicyclic) bond motifs is 1. The number of carbonyl (C=O) groups is 1. The molecule has 1 aromatic rings. The summed E-state index contributed by atoms with van der Waals surface area (Å²) in [5, 5.41) is 0. The van der Waals surface area contributed by atoms with Crippen LogP contribution in [0.1, 0.15) is 43.0 Å². The lowest BCUT2D eigenvalue weighted by molar-refractivity contribution is -0.131. The highest BCUT2D eigenvalue weighted by Crippen LogP contribution is 2.45. The minimum Gasteiger partial charge on any atom is -0.487 e. The molecule has 0 atom stereocenters. The third-order valence-corrected chi connectivity index (χ3v) is 3.54. The second-order valence-corrected chi connectivity index (χ2v) is 5.64. The van der Waals surface area contributed by atoms with E-state index in [-0.39, 0.29) is 11.6 Å². The fraction of sp³-hybridized carbons (Fsp3) is 0.533. The molecule has 3 heteroatoms. The van der Waals surface area contributed by atoms with Crippen LogP contribution >= 0.6 is 0 Å². The fourth-order valence-electron chi connectivity index (χ4n) is 2.54. The van der Waals surface area contributed by atoms with Gasteiger partial charge in [-0.05, 0) is 51.3 Å². The van der Waals surface area contributed by atoms with Crippen molar-refractivity contribution >= 4 is 5.97 Å². The summed E-state index contributed by atoms with van der Waals surface area (Å²) in [7, 11) is 0. The van der Waals surface area contributed by atoms with Crippen molar-refractivity contribution < 1.29 is 14.3 Å². The maximum absolute atomic E-state index is 11.2. The Morgan fingerprint density at radius 3 is 2.33 bits per heavy atom. The van der Waals surface area contributed by atoms with E-state index in [9.17, 15) is 4.79 Å². The first-order chi connectivity index (χ1) is 8.23. The SMILES string of the molecule is CC(=O)Oc1c(C)c(C)c2c(c1C)CC(C)(C)O2. The number of hydrogen-bond acceptors (Lipinski definition) is 3. The molecule has 2 rings (SSSR count). The van der Waals surface area contributed by atoms with E-state index < -0.39 is 0 Å². The lowest BCUT2D eigenvalue weighted by atomic mass is 9.93. The van der Waals surface area contributed by atoms with Crippen LogP contribution in [0.2, 0.25) is 0 Å². The van der Waals surface area contributed by atoms with Gasteiger partial charge < -0.3 is 9.47 Å². The van der Waals surface area contributed by atoms with Crippen molar-refractivity contribution in [3.05, 3.63) is 22.3 Å². The van der Waals surface area contributed by atoms with Gasteiger partial charge in [0, 0.05) is 18.9 Å². The molecule has 0 radical (unpaired) electrons. The first-order valence-corrected chi connectivity index (χ1v) is 6.23. The molecule has 18 heavy (non-hydrogen) atoms. The van der Waals surface area contributed by atoms with Crippen LogP contribution in [0.25, 0.3) is 0 Å². The number of benzene rings is 1. The second-order valence-electron chi connectivity index (χ2n) is 5.64. The monoisotopic (exact) mass is 248 g/mol. The molecule has 98 valence electrons. The zero-order valence-electron chi connectivity index (χ0n) is 11.9. The Labute approximate surface area is 108 Å². The molecular weight excluding hydrogens is 228 g/mol. The summed E-state index contributed by atoms with van der Waals surface area (Å²) in [4.78, 5) is 11.2. The maximum atomic E-state index is 11.2. The van der Waals surface area contributed by atoms with E-state index in [2.05, 4.69) is 13.8 Å². The Bertz CT molecular complexity index is 527. The molecule has 0 saturated carbocycles. The predicted octanol–water partition coefficient (Wildman–Crippen LogP) is 3.25. The molecule has 1 aliphatic heterocycles. The fourth-order valence-corrected chi connectivity index (χ4v) is 2.54. The van der Waals surface area contributed by atoms with Gasteiger partial charge in [-0.3, -0.25) is 4.79 Å². The molecule has 0 N–H and O–H groups in total. The highest BCUT2D eigenvalue weighted by atomic mass is 16.5. The van der Waals surface area contributed by atoms with Crippen LogP contribution in [0.4, 0.5) is 0 Å². The van der Waals surface area contributed by atoms with Gasteiger partial charge in [0.05, 0.1) is 0 Å². The molecule has 1 heterocycles. The Hall–Kier alpha value is -1.51. The molecule has 0 unspecified atom stereocenters. The largest absolute Gasteiger partial charge is 0.487 e. The molecule has 0 saturated heterocycles. The van der Waals surface area contributed by atoms with Gasteiger partial charge in [-0.15, -0.1) is 0 Å². The molecule has 1 aromatic carbocycles. The van der Waals surface area contributed by atoms with E-state index in [1.54, 1.807) is 0 Å². The first-order valence-electron chi connectivity index (χ1n) is 6.23. The minimum atomic E-state index is -0.279. The summed E-state index contributed by atoms with van der Waals surface area (Å²) in [5.41, 5.74) is 4.06. The lowest BCUT2D eigenvalue weighted by Gasteiger charge is -2.18. The topological polar surface area (TPSA) is 35.5 Å². The lowest BCUT2D eigenvalue weighted by Crippen LogP contribution is -2.24. The Morgan fingerprint density at radius 1 is 1.17 bits per heavy atom. The van der Waals surface area contributed by atoms with Gasteiger partial charge in [-0.2, -0.15) is 0 Å². The predicted molar refractivity (Wildman–Crippen MR) is 70.4 cm³/mol. The number of rotatable bonds is 1. The van der Waals surface area contributed by atoms with Crippen LogP contribution in [-0.4, -0.2) is 11.6 Å². The molecule has 0 aromatic heterocycles. The molecular formula is C15H20O3. The zero-order valence-corrected chi connectivity index (χ0v) is 11.9. The van der Waals surface area contributed by atoms with Crippen molar-refractivity contribution in [2.45, 2.75) is 53.6 Å². The van der Waals surface area contributed by atoms with E-state index >= 15 is 0 Å². The molecule has 0 spiro atoms. The van der Waals surface area contributed by atoms with Crippen molar-refractivity contribution in [3.8, 4) is 11.5 Å². The van der Waals surface area contributed by atoms with Crippen LogP contribution < -0.4 is 9.47 Å². The molecule has 0 aliphatic carbocycles. The number of hydrogen-bond donors (Lipinski definition) is 0. The molecule has 3 nitrogen and oxygen atoms in total. The van der Waals surface area contributed by atoms with Crippen molar-refractivity contribution in [2.24, 2.45) is 0 Å². The highest BCUT2D eigenvalue weighted by Gasteiger charge is 2.34. The van der Waals surface area contributed by atoms with Crippen molar-refractivity contribution in [3.63, 3.8) is 0 Å². The van der Waals surface area contributed by atoms with Crippen LogP contribution in [0, 0.1) is 20.8 Å². The third-order valence-electron chi connectivity index (χ3n) is 3.54. The van der Waals surface area contributed by atoms with Gasteiger partial charge >= 0.3 is 5.97 Å². The average Bonchev–Trinajstić information content (AvgIpc) is 2.58. The summed E-state index contributed by atoms with van der Waals surface area (Å²) >= 11 is 0. The summed E-state index contributed by atoms with van der Waals surface area (Å²) in [6.45, 7) is 11.6. The normalized spacial score (nSPS) is 16.1. The van der Waals surface area contributed by atoms with Gasteiger partial charge in [0.2, 0.25) is 0 Å². The van der Waals surface area contributed by atoms with Gasteiger partial charge in [0.1, 0.15) is 17.1 Å². The smallest absolute Gasteiger partial charge is 0.308 e. The number of esters is 1. The number of carbonyl (C=O) groups excluding carboxylic acids is 1. The highest BCUT2D eigenvalue weighted by molar-refractivity contribution is 5.72. The summed E-state index contributed by atoms with van der Waals surface area (Å²) in [6.07, 6.45) is 0.851. The Kier molecular flexibility index (Phi) is 2.88. The van der Waals surface area contributed by atoms with Gasteiger partial charge in [0.15, 0.2) is 0 Å². The van der Waals surface area contributed by atoms with E-state index in [0.29, 0.717) is 5.75 Å². The van der Waals surface area contributed by atoms with Crippen molar-refractivity contribution in [1.29, 1.82) is 0 Å². The Balaban J connectivity index is 2.62. The van der Waals surface area contributed by atoms with Crippen LogP contribution in [0.5, 0.6) is 11.5 Å². The van der Waals surface area contributed by atoms with Crippen molar-refractivity contribution in [1.82, 2.24) is 0 Å². The summed E-state index contributed by atoms with van der Waals surface area (Å²) < 4.78 is 11.4. The summed E-state index contributed by atoms with van der Waals surface area (Å²) in [5.74, 6) is 1.38. The van der Waals surface area contributed by atoms with E-state index in [0.717, 1.165) is 28.9 Å². The van der Waals surface area contributed by atoms with E-state index in [1.807, 2.05) is 20.8 Å². The zero-order chi connectivity index (χ0) is 13.7. The van der Waals surface area contributed by atoms with Crippen molar-refractivity contribution in [2.75, 3.05) is 0 Å². The third kappa shape index (κ3) is 1.98. The van der Waals surface area contributed by atoms with Gasteiger partial charge in [-0.1, -0.05) is 0 Å². The quantitative estimate of drug-likeness (QED) is 0.565. The van der Waals surface area contributed by atoms with Crippen LogP contribution in [-0.2, 0) is 11.2 Å². The van der Waals surface area contributed by atoms with E-state index in [4.69, 9.17) is 9.47 Å². The van der Waals surface area contributed by atoms with Gasteiger partial charge in [0.25, 0.3) is 0 Å². The molecule has 0 bridgehead atoms. The minimum absolute atomic E-state index is 0.181. The Morgan fingerprint density at radius 2 is 1.78 bits per heavy atom. The second kappa shape index (κ2) is 4.01. The molecule has 1 aliphatic rings. The maximum Gasteiger partial charge on any atom is 0.308 e. The van der Waals surface area contributed by atoms with E-state index in [1.165, 1.54) is 12.5 Å². The summed E-state index contributed by atoms with van der Waals surface area (Å²) in [6, 6.07) is 0. The first kappa shape index (κ1) is 12.9. The van der Waals surface area contributed by atoms with Crippen LogP contribution in [0.3, 0.4) is 0 Å². The average molecular weight is 248 g/mol. The molecule has 0 fully saturated rings. The van der Waals surface area contributed by atoms with Gasteiger partial charge in [-0.25, -0.2) is 0 Å². The number of ether oxygens (including phenoxy) is 2.